The summed E-state index contributed by atoms with van der Waals surface area (Å²) in [6.45, 7) is 10.8. The summed E-state index contributed by atoms with van der Waals surface area (Å²) in [5.41, 5.74) is 3.54. The van der Waals surface area contributed by atoms with Gasteiger partial charge in [0.2, 0.25) is 0 Å². The third-order valence-electron chi connectivity index (χ3n) is 4.34. The molecule has 0 aliphatic heterocycles. The summed E-state index contributed by atoms with van der Waals surface area (Å²) in [4.78, 5) is 16.4. The first-order chi connectivity index (χ1) is 11.3. The molecular weight excluding hydrogens is 300 g/mol. The number of hydrogen-bond donors (Lipinski definition) is 0. The maximum absolute atomic E-state index is 12.3. The van der Waals surface area contributed by atoms with Crippen molar-refractivity contribution < 1.29 is 9.53 Å². The van der Waals surface area contributed by atoms with Crippen LogP contribution in [0.3, 0.4) is 0 Å². The first-order valence-corrected chi connectivity index (χ1v) is 8.35. The van der Waals surface area contributed by atoms with Crippen LogP contribution in [-0.2, 0) is 17.7 Å². The fourth-order valence-corrected chi connectivity index (χ4v) is 3.13. The molecule has 24 heavy (non-hydrogen) atoms. The molecule has 0 bridgehead atoms. The van der Waals surface area contributed by atoms with Crippen molar-refractivity contribution in [3.05, 3.63) is 60.2 Å². The van der Waals surface area contributed by atoms with E-state index in [1.807, 2.05) is 51.5 Å². The molecule has 0 spiro atoms. The zero-order valence-electron chi connectivity index (χ0n) is 14.6. The Morgan fingerprint density at radius 1 is 1.42 bits per heavy atom. The monoisotopic (exact) mass is 324 g/mol. The first-order valence-electron chi connectivity index (χ1n) is 8.35. The van der Waals surface area contributed by atoms with Crippen molar-refractivity contribution in [1.82, 2.24) is 9.55 Å². The van der Waals surface area contributed by atoms with Crippen LogP contribution in [0.25, 0.3) is 5.57 Å². The van der Waals surface area contributed by atoms with Crippen LogP contribution in [0.5, 0.6) is 0 Å². The Balaban J connectivity index is 1.82. The Bertz CT molecular complexity index is 754. The minimum atomic E-state index is -0.492. The van der Waals surface area contributed by atoms with E-state index in [1.54, 1.807) is 6.20 Å². The van der Waals surface area contributed by atoms with E-state index in [4.69, 9.17) is 4.74 Å². The second kappa shape index (κ2) is 6.27. The number of hydrogen-bond acceptors (Lipinski definition) is 3. The summed E-state index contributed by atoms with van der Waals surface area (Å²) < 4.78 is 7.56. The molecule has 1 heterocycles. The summed E-state index contributed by atoms with van der Waals surface area (Å²) in [6.07, 6.45) is 7.66. The molecule has 0 saturated heterocycles. The molecule has 0 fully saturated rings. The molecule has 4 heteroatoms. The largest absolute Gasteiger partial charge is 0.456 e. The van der Waals surface area contributed by atoms with Crippen LogP contribution in [0, 0.1) is 5.92 Å². The molecule has 1 atom stereocenters. The smallest absolute Gasteiger partial charge is 0.338 e. The number of imidazole rings is 1. The molecule has 0 radical (unpaired) electrons. The summed E-state index contributed by atoms with van der Waals surface area (Å²) >= 11 is 0. The van der Waals surface area contributed by atoms with Gasteiger partial charge in [-0.05, 0) is 62.4 Å². The van der Waals surface area contributed by atoms with Crippen LogP contribution in [-0.4, -0.2) is 21.1 Å². The van der Waals surface area contributed by atoms with Crippen molar-refractivity contribution in [1.29, 1.82) is 0 Å². The molecule has 126 valence electrons. The highest BCUT2D eigenvalue weighted by Gasteiger charge is 2.25. The van der Waals surface area contributed by atoms with E-state index in [-0.39, 0.29) is 5.97 Å². The number of ether oxygens (including phenoxy) is 1. The van der Waals surface area contributed by atoms with E-state index < -0.39 is 5.60 Å². The predicted octanol–water partition coefficient (Wildman–Crippen LogP) is 4.11. The van der Waals surface area contributed by atoms with Gasteiger partial charge in [-0.2, -0.15) is 0 Å². The molecule has 1 unspecified atom stereocenters. The summed E-state index contributed by atoms with van der Waals surface area (Å²) in [7, 11) is 0. The van der Waals surface area contributed by atoms with Crippen molar-refractivity contribution >= 4 is 11.5 Å². The Hall–Kier alpha value is -2.36. The summed E-state index contributed by atoms with van der Waals surface area (Å²) in [5.74, 6) is 0.0791. The van der Waals surface area contributed by atoms with Crippen molar-refractivity contribution in [2.24, 2.45) is 5.92 Å². The van der Waals surface area contributed by atoms with E-state index >= 15 is 0 Å². The number of allylic oxidation sites excluding steroid dienone is 1. The highest BCUT2D eigenvalue weighted by molar-refractivity contribution is 5.91. The number of rotatable bonds is 3. The molecule has 3 rings (SSSR count). The average molecular weight is 324 g/mol. The molecule has 0 N–H and O–H groups in total. The minimum absolute atomic E-state index is 0.283. The molecular formula is C20H24N2O2. The minimum Gasteiger partial charge on any atom is -0.456 e. The summed E-state index contributed by atoms with van der Waals surface area (Å²) in [5, 5.41) is 0. The van der Waals surface area contributed by atoms with Crippen LogP contribution in [0.1, 0.15) is 48.7 Å². The van der Waals surface area contributed by atoms with Gasteiger partial charge in [-0.1, -0.05) is 12.6 Å². The Morgan fingerprint density at radius 3 is 2.88 bits per heavy atom. The third-order valence-corrected chi connectivity index (χ3v) is 4.34. The van der Waals surface area contributed by atoms with Gasteiger partial charge in [0.05, 0.1) is 11.9 Å². The Labute approximate surface area is 143 Å². The van der Waals surface area contributed by atoms with Crippen LogP contribution in [0.2, 0.25) is 0 Å². The normalized spacial score (nSPS) is 17.5. The van der Waals surface area contributed by atoms with E-state index in [2.05, 4.69) is 16.1 Å². The van der Waals surface area contributed by atoms with Crippen LogP contribution < -0.4 is 0 Å². The number of aromatic nitrogens is 2. The number of fused-ring (bicyclic) bond motifs is 1. The zero-order chi connectivity index (χ0) is 17.3. The first kappa shape index (κ1) is 16.5. The maximum atomic E-state index is 12.3. The topological polar surface area (TPSA) is 44.1 Å². The van der Waals surface area contributed by atoms with Gasteiger partial charge in [0, 0.05) is 24.9 Å². The van der Waals surface area contributed by atoms with Gasteiger partial charge in [-0.15, -0.1) is 0 Å². The quantitative estimate of drug-likeness (QED) is 0.798. The van der Waals surface area contributed by atoms with Crippen LogP contribution in [0.4, 0.5) is 0 Å². The predicted molar refractivity (Wildman–Crippen MR) is 94.7 cm³/mol. The number of carbonyl (C=O) groups is 1. The number of nitrogens with zero attached hydrogens (tertiary/aromatic N) is 2. The van der Waals surface area contributed by atoms with Crippen LogP contribution >= 0.6 is 0 Å². The van der Waals surface area contributed by atoms with Gasteiger partial charge in [0.15, 0.2) is 0 Å². The van der Waals surface area contributed by atoms with Gasteiger partial charge in [0.1, 0.15) is 5.60 Å². The molecule has 1 aromatic carbocycles. The van der Waals surface area contributed by atoms with Gasteiger partial charge < -0.3 is 9.30 Å². The lowest BCUT2D eigenvalue weighted by atomic mass is 9.79. The van der Waals surface area contributed by atoms with E-state index in [0.717, 1.165) is 30.5 Å². The molecule has 1 aliphatic carbocycles. The van der Waals surface area contributed by atoms with E-state index in [1.165, 1.54) is 5.56 Å². The Kier molecular flexibility index (Phi) is 4.31. The zero-order valence-corrected chi connectivity index (χ0v) is 14.6. The van der Waals surface area contributed by atoms with Crippen LogP contribution in [0.15, 0.2) is 43.5 Å². The number of esters is 1. The van der Waals surface area contributed by atoms with E-state index in [0.29, 0.717) is 11.5 Å². The fourth-order valence-electron chi connectivity index (χ4n) is 3.13. The van der Waals surface area contributed by atoms with E-state index in [9.17, 15) is 4.79 Å². The lowest BCUT2D eigenvalue weighted by molar-refractivity contribution is 0.00695. The lowest BCUT2D eigenvalue weighted by Gasteiger charge is -2.28. The van der Waals surface area contributed by atoms with Gasteiger partial charge >= 0.3 is 5.97 Å². The average Bonchev–Trinajstić information content (AvgIpc) is 3.01. The standard InChI is InChI=1S/C20H24N2O2/c1-14-17(12-22-10-9-21-13-22)8-6-15-5-7-16(11-18(14)15)19(23)24-20(2,3)4/h5,7,9-11,13,17H,1,6,8,12H2,2-4H3. The van der Waals surface area contributed by atoms with Crippen molar-refractivity contribution in [3.63, 3.8) is 0 Å². The van der Waals surface area contributed by atoms with Crippen molar-refractivity contribution in [2.45, 2.75) is 45.8 Å². The van der Waals surface area contributed by atoms with Gasteiger partial charge in [-0.3, -0.25) is 0 Å². The highest BCUT2D eigenvalue weighted by atomic mass is 16.6. The molecule has 2 aromatic rings. The molecule has 4 nitrogen and oxygen atoms in total. The van der Waals surface area contributed by atoms with Crippen molar-refractivity contribution in [2.75, 3.05) is 0 Å². The number of aryl methyl sites for hydroxylation is 1. The lowest BCUT2D eigenvalue weighted by Crippen LogP contribution is -2.24. The fraction of sp³-hybridized carbons (Fsp3) is 0.400. The Morgan fingerprint density at radius 2 is 2.21 bits per heavy atom. The second-order valence-corrected chi connectivity index (χ2v) is 7.39. The third kappa shape index (κ3) is 3.58. The molecule has 1 aliphatic rings. The van der Waals surface area contributed by atoms with Gasteiger partial charge in [0.25, 0.3) is 0 Å². The van der Waals surface area contributed by atoms with Crippen molar-refractivity contribution in [3.8, 4) is 0 Å². The molecule has 0 amide bonds. The SMILES string of the molecule is C=C1c2cc(C(=O)OC(C)(C)C)ccc2CCC1Cn1ccnc1. The highest BCUT2D eigenvalue weighted by Crippen LogP contribution is 2.36. The maximum Gasteiger partial charge on any atom is 0.338 e. The summed E-state index contributed by atoms with van der Waals surface area (Å²) in [6, 6.07) is 5.83. The molecule has 0 saturated carbocycles. The second-order valence-electron chi connectivity index (χ2n) is 7.39. The van der Waals surface area contributed by atoms with Gasteiger partial charge in [-0.25, -0.2) is 9.78 Å². The number of carbonyl (C=O) groups excluding carboxylic acids is 1. The molecule has 1 aromatic heterocycles. The number of benzene rings is 1.